The number of carbonyl (C=O) groups is 1. The van der Waals surface area contributed by atoms with Crippen molar-refractivity contribution in [1.29, 1.82) is 0 Å². The summed E-state index contributed by atoms with van der Waals surface area (Å²) in [5.74, 6) is 2.34. The number of hydrogen-bond acceptors (Lipinski definition) is 6. The van der Waals surface area contributed by atoms with Gasteiger partial charge in [-0.15, -0.1) is 0 Å². The molecule has 1 aromatic heterocycles. The van der Waals surface area contributed by atoms with Crippen molar-refractivity contribution >= 4 is 5.91 Å². The van der Waals surface area contributed by atoms with Gasteiger partial charge >= 0.3 is 0 Å². The predicted octanol–water partition coefficient (Wildman–Crippen LogP) is 3.58. The number of nitrogens with zero attached hydrogens (tertiary/aromatic N) is 3. The number of fused-ring (bicyclic) bond motifs is 1. The molecule has 2 aliphatic heterocycles. The summed E-state index contributed by atoms with van der Waals surface area (Å²) in [6.07, 6.45) is 8.42. The number of piperazine rings is 1. The zero-order chi connectivity index (χ0) is 20.8. The first-order valence-electron chi connectivity index (χ1n) is 11.6. The van der Waals surface area contributed by atoms with Gasteiger partial charge in [0.05, 0.1) is 11.1 Å². The van der Waals surface area contributed by atoms with Crippen LogP contribution in [0.25, 0.3) is 11.3 Å². The van der Waals surface area contributed by atoms with Gasteiger partial charge in [-0.25, -0.2) is 0 Å². The Labute approximate surface area is 182 Å². The molecule has 3 fully saturated rings. The first-order chi connectivity index (χ1) is 15.2. The third-order valence-electron chi connectivity index (χ3n) is 7.51. The highest BCUT2D eigenvalue weighted by molar-refractivity contribution is 5.91. The number of hydrogen-bond donors (Lipinski definition) is 0. The van der Waals surface area contributed by atoms with E-state index in [0.29, 0.717) is 11.5 Å². The third-order valence-corrected chi connectivity index (χ3v) is 7.51. The van der Waals surface area contributed by atoms with Crippen LogP contribution in [0.1, 0.15) is 50.6 Å². The normalized spacial score (nSPS) is 23.2. The average molecular weight is 424 g/mol. The first kappa shape index (κ1) is 19.2. The Morgan fingerprint density at radius 1 is 0.968 bits per heavy atom. The molecule has 0 unspecified atom stereocenters. The van der Waals surface area contributed by atoms with Gasteiger partial charge in [0, 0.05) is 43.9 Å². The van der Waals surface area contributed by atoms with Crippen LogP contribution in [-0.4, -0.2) is 59.9 Å². The van der Waals surface area contributed by atoms with Crippen molar-refractivity contribution in [1.82, 2.24) is 15.0 Å². The third kappa shape index (κ3) is 3.39. The molecule has 0 atom stereocenters. The second-order valence-corrected chi connectivity index (χ2v) is 9.35. The Morgan fingerprint density at radius 2 is 1.74 bits per heavy atom. The minimum absolute atomic E-state index is 0.223. The first-order valence-corrected chi connectivity index (χ1v) is 11.6. The maximum Gasteiger partial charge on any atom is 0.235 e. The van der Waals surface area contributed by atoms with Gasteiger partial charge in [0.1, 0.15) is 0 Å². The average Bonchev–Trinajstić information content (AvgIpc) is 3.25. The van der Waals surface area contributed by atoms with E-state index >= 15 is 0 Å². The number of benzene rings is 1. The Morgan fingerprint density at radius 3 is 2.52 bits per heavy atom. The second-order valence-electron chi connectivity index (χ2n) is 9.35. The van der Waals surface area contributed by atoms with Gasteiger partial charge < -0.3 is 18.9 Å². The fraction of sp³-hybridized carbons (Fsp3) is 0.583. The molecule has 1 aromatic carbocycles. The van der Waals surface area contributed by atoms with Crippen LogP contribution in [0.2, 0.25) is 0 Å². The number of ether oxygens (including phenoxy) is 2. The molecule has 1 amide bonds. The van der Waals surface area contributed by atoms with Crippen LogP contribution in [0.15, 0.2) is 28.8 Å². The molecule has 0 N–H and O–H groups in total. The quantitative estimate of drug-likeness (QED) is 0.749. The minimum Gasteiger partial charge on any atom is -0.454 e. The predicted molar refractivity (Wildman–Crippen MR) is 114 cm³/mol. The molecule has 1 saturated heterocycles. The van der Waals surface area contributed by atoms with Crippen molar-refractivity contribution in [2.75, 3.05) is 33.0 Å². The molecule has 2 aliphatic carbocycles. The fourth-order valence-electron chi connectivity index (χ4n) is 5.43. The van der Waals surface area contributed by atoms with Crippen LogP contribution in [-0.2, 0) is 10.2 Å². The number of aromatic nitrogens is 1. The molecule has 6 rings (SSSR count). The molecule has 2 saturated carbocycles. The lowest BCUT2D eigenvalue weighted by Crippen LogP contribution is -2.54. The van der Waals surface area contributed by atoms with Crippen molar-refractivity contribution in [3.8, 4) is 22.8 Å². The summed E-state index contributed by atoms with van der Waals surface area (Å²) in [5, 5.41) is 4.32. The standard InChI is InChI=1S/C24H29N3O4/c28-23(27-12-10-26(11-13-27)18-4-2-1-3-5-18)24(8-9-24)22-15-20(31-25-22)17-6-7-19-21(14-17)30-16-29-19/h6-7,14-15,18H,1-5,8-13,16H2. The summed E-state index contributed by atoms with van der Waals surface area (Å²) in [4.78, 5) is 18.1. The zero-order valence-corrected chi connectivity index (χ0v) is 17.8. The lowest BCUT2D eigenvalue weighted by atomic mass is 9.93. The van der Waals surface area contributed by atoms with Crippen LogP contribution in [0.5, 0.6) is 11.5 Å². The Balaban J connectivity index is 1.14. The van der Waals surface area contributed by atoms with Gasteiger partial charge in [0.15, 0.2) is 17.3 Å². The van der Waals surface area contributed by atoms with E-state index in [9.17, 15) is 4.79 Å². The van der Waals surface area contributed by atoms with E-state index in [4.69, 9.17) is 14.0 Å². The lowest BCUT2D eigenvalue weighted by Gasteiger charge is -2.41. The van der Waals surface area contributed by atoms with Gasteiger partial charge in [-0.05, 0) is 43.9 Å². The topological polar surface area (TPSA) is 68.0 Å². The van der Waals surface area contributed by atoms with E-state index < -0.39 is 5.41 Å². The van der Waals surface area contributed by atoms with Gasteiger partial charge in [0.2, 0.25) is 12.7 Å². The van der Waals surface area contributed by atoms with Crippen LogP contribution in [0.3, 0.4) is 0 Å². The van der Waals surface area contributed by atoms with Crippen LogP contribution >= 0.6 is 0 Å². The van der Waals surface area contributed by atoms with Crippen molar-refractivity contribution in [3.63, 3.8) is 0 Å². The van der Waals surface area contributed by atoms with Gasteiger partial charge in [-0.2, -0.15) is 0 Å². The minimum atomic E-state index is -0.495. The lowest BCUT2D eigenvalue weighted by molar-refractivity contribution is -0.136. The zero-order valence-electron chi connectivity index (χ0n) is 17.8. The molecule has 7 heteroatoms. The highest BCUT2D eigenvalue weighted by Crippen LogP contribution is 2.50. The van der Waals surface area contributed by atoms with Crippen molar-refractivity contribution < 1.29 is 18.8 Å². The van der Waals surface area contributed by atoms with E-state index in [2.05, 4.69) is 15.0 Å². The molecule has 0 radical (unpaired) electrons. The molecule has 0 spiro atoms. The molecule has 7 nitrogen and oxygen atoms in total. The van der Waals surface area contributed by atoms with E-state index in [1.807, 2.05) is 24.3 Å². The summed E-state index contributed by atoms with van der Waals surface area (Å²) < 4.78 is 16.5. The van der Waals surface area contributed by atoms with E-state index in [-0.39, 0.29) is 12.7 Å². The number of amides is 1. The maximum absolute atomic E-state index is 13.5. The Bertz CT molecular complexity index is 969. The van der Waals surface area contributed by atoms with E-state index in [1.165, 1.54) is 32.1 Å². The molecule has 31 heavy (non-hydrogen) atoms. The van der Waals surface area contributed by atoms with Crippen LogP contribution < -0.4 is 9.47 Å². The highest BCUT2D eigenvalue weighted by Gasteiger charge is 2.55. The maximum atomic E-state index is 13.5. The monoisotopic (exact) mass is 423 g/mol. The van der Waals surface area contributed by atoms with Gasteiger partial charge in [0.25, 0.3) is 0 Å². The number of carbonyl (C=O) groups excluding carboxylic acids is 1. The molecule has 3 heterocycles. The molecule has 164 valence electrons. The van der Waals surface area contributed by atoms with E-state index in [0.717, 1.165) is 62.1 Å². The second kappa shape index (κ2) is 7.55. The van der Waals surface area contributed by atoms with Gasteiger partial charge in [-0.1, -0.05) is 24.4 Å². The Kier molecular flexibility index (Phi) is 4.67. The van der Waals surface area contributed by atoms with E-state index in [1.54, 1.807) is 0 Å². The molecular weight excluding hydrogens is 394 g/mol. The summed E-state index contributed by atoms with van der Waals surface area (Å²) >= 11 is 0. The highest BCUT2D eigenvalue weighted by atomic mass is 16.7. The largest absolute Gasteiger partial charge is 0.454 e. The molecule has 2 aromatic rings. The summed E-state index contributed by atoms with van der Waals surface area (Å²) in [6.45, 7) is 3.88. The van der Waals surface area contributed by atoms with Crippen molar-refractivity contribution in [3.05, 3.63) is 30.0 Å². The smallest absolute Gasteiger partial charge is 0.235 e. The molecular formula is C24H29N3O4. The fourth-order valence-corrected chi connectivity index (χ4v) is 5.43. The Hall–Kier alpha value is -2.54. The molecule has 4 aliphatic rings. The van der Waals surface area contributed by atoms with Crippen molar-refractivity contribution in [2.45, 2.75) is 56.4 Å². The van der Waals surface area contributed by atoms with Gasteiger partial charge in [-0.3, -0.25) is 9.69 Å². The van der Waals surface area contributed by atoms with Crippen LogP contribution in [0.4, 0.5) is 0 Å². The summed E-state index contributed by atoms with van der Waals surface area (Å²) in [7, 11) is 0. The molecule has 0 bridgehead atoms. The van der Waals surface area contributed by atoms with Crippen LogP contribution in [0, 0.1) is 0 Å². The van der Waals surface area contributed by atoms with Crippen molar-refractivity contribution in [2.24, 2.45) is 0 Å². The summed E-state index contributed by atoms with van der Waals surface area (Å²) in [6, 6.07) is 8.37. The summed E-state index contributed by atoms with van der Waals surface area (Å²) in [5.41, 5.74) is 1.15. The SMILES string of the molecule is O=C(N1CCN(C2CCCCC2)CC1)C1(c2cc(-c3ccc4c(c3)OCO4)on2)CC1. The number of rotatable bonds is 4.